The van der Waals surface area contributed by atoms with Crippen LogP contribution in [0.25, 0.3) is 0 Å². The van der Waals surface area contributed by atoms with E-state index in [2.05, 4.69) is 116 Å². The fourth-order valence-corrected chi connectivity index (χ4v) is 7.61. The number of aliphatic hydroxyl groups excluding tert-OH is 2. The summed E-state index contributed by atoms with van der Waals surface area (Å²) in [4.78, 5) is 12.5. The molecule has 0 spiro atoms. The molecule has 1 amide bonds. The van der Waals surface area contributed by atoms with Gasteiger partial charge in [-0.3, -0.25) is 4.79 Å². The summed E-state index contributed by atoms with van der Waals surface area (Å²) in [5, 5.41) is 23.3. The minimum Gasteiger partial charge on any atom is -0.394 e. The predicted octanol–water partition coefficient (Wildman–Crippen LogP) is 17.4. The van der Waals surface area contributed by atoms with Crippen LogP contribution in [0.15, 0.2) is 97.2 Å². The van der Waals surface area contributed by atoms with Crippen LogP contribution in [0.2, 0.25) is 0 Å². The first kappa shape index (κ1) is 59.3. The molecule has 0 bridgehead atoms. The van der Waals surface area contributed by atoms with Gasteiger partial charge in [0.05, 0.1) is 18.8 Å². The van der Waals surface area contributed by atoms with Crippen molar-refractivity contribution in [3.8, 4) is 0 Å². The lowest BCUT2D eigenvalue weighted by Gasteiger charge is -2.22. The van der Waals surface area contributed by atoms with E-state index in [0.29, 0.717) is 12.8 Å². The first-order valence-electron chi connectivity index (χ1n) is 26.4. The Labute approximate surface area is 385 Å². The fraction of sp³-hybridized carbons (Fsp3) is 0.707. The van der Waals surface area contributed by atoms with E-state index in [4.69, 9.17) is 0 Å². The van der Waals surface area contributed by atoms with E-state index in [1.807, 2.05) is 0 Å². The zero-order valence-electron chi connectivity index (χ0n) is 40.9. The lowest BCUT2D eigenvalue weighted by Crippen LogP contribution is -2.45. The molecule has 0 aromatic heterocycles. The Morgan fingerprint density at radius 1 is 0.403 bits per heavy atom. The van der Waals surface area contributed by atoms with Gasteiger partial charge in [-0.2, -0.15) is 0 Å². The summed E-state index contributed by atoms with van der Waals surface area (Å²) in [5.74, 6) is -0.0427. The van der Waals surface area contributed by atoms with Crippen molar-refractivity contribution in [1.82, 2.24) is 5.32 Å². The van der Waals surface area contributed by atoms with Gasteiger partial charge in [0.2, 0.25) is 5.91 Å². The minimum atomic E-state index is -0.669. The van der Waals surface area contributed by atoms with E-state index in [9.17, 15) is 15.0 Å². The van der Waals surface area contributed by atoms with Gasteiger partial charge in [0.25, 0.3) is 0 Å². The molecule has 0 saturated carbocycles. The normalized spacial score (nSPS) is 13.7. The predicted molar refractivity (Wildman–Crippen MR) is 276 cm³/mol. The molecular formula is C58H101NO3. The number of hydrogen-bond donors (Lipinski definition) is 3. The number of allylic oxidation sites excluding steroid dienone is 16. The minimum absolute atomic E-state index is 0.0427. The van der Waals surface area contributed by atoms with E-state index in [-0.39, 0.29) is 12.5 Å². The fourth-order valence-electron chi connectivity index (χ4n) is 7.61. The second-order valence-electron chi connectivity index (χ2n) is 17.6. The van der Waals surface area contributed by atoms with Crippen LogP contribution in [0.4, 0.5) is 0 Å². The van der Waals surface area contributed by atoms with E-state index in [0.717, 1.165) is 77.0 Å². The van der Waals surface area contributed by atoms with Crippen molar-refractivity contribution in [1.29, 1.82) is 0 Å². The maximum Gasteiger partial charge on any atom is 0.220 e. The van der Waals surface area contributed by atoms with Gasteiger partial charge >= 0.3 is 0 Å². The van der Waals surface area contributed by atoms with Crippen molar-refractivity contribution in [2.45, 2.75) is 257 Å². The van der Waals surface area contributed by atoms with Gasteiger partial charge in [-0.05, 0) is 77.0 Å². The number of amides is 1. The Morgan fingerprint density at radius 2 is 0.710 bits per heavy atom. The molecule has 0 radical (unpaired) electrons. The highest BCUT2D eigenvalue weighted by Gasteiger charge is 2.20. The Bertz CT molecular complexity index is 1160. The highest BCUT2D eigenvalue weighted by atomic mass is 16.3. The van der Waals surface area contributed by atoms with Crippen LogP contribution in [0.5, 0.6) is 0 Å². The second kappa shape index (κ2) is 52.7. The number of rotatable bonds is 47. The van der Waals surface area contributed by atoms with E-state index in [1.165, 1.54) is 141 Å². The highest BCUT2D eigenvalue weighted by Crippen LogP contribution is 2.16. The summed E-state index contributed by atoms with van der Waals surface area (Å²) < 4.78 is 0. The van der Waals surface area contributed by atoms with Crippen LogP contribution in [0.3, 0.4) is 0 Å². The van der Waals surface area contributed by atoms with Crippen LogP contribution in [0, 0.1) is 0 Å². The van der Waals surface area contributed by atoms with Gasteiger partial charge < -0.3 is 15.5 Å². The highest BCUT2D eigenvalue weighted by molar-refractivity contribution is 5.76. The summed E-state index contributed by atoms with van der Waals surface area (Å²) in [6, 6.07) is -0.547. The Balaban J connectivity index is 3.59. The average Bonchev–Trinajstić information content (AvgIpc) is 3.28. The molecule has 3 N–H and O–H groups in total. The van der Waals surface area contributed by atoms with Crippen molar-refractivity contribution in [3.63, 3.8) is 0 Å². The van der Waals surface area contributed by atoms with Crippen molar-refractivity contribution < 1.29 is 15.0 Å². The molecule has 0 saturated heterocycles. The average molecular weight is 860 g/mol. The molecule has 0 aliphatic carbocycles. The molecule has 0 rings (SSSR count). The lowest BCUT2D eigenvalue weighted by molar-refractivity contribution is -0.123. The van der Waals surface area contributed by atoms with Gasteiger partial charge in [-0.1, -0.05) is 259 Å². The Morgan fingerprint density at radius 3 is 1.06 bits per heavy atom. The zero-order valence-corrected chi connectivity index (χ0v) is 40.9. The molecule has 0 fully saturated rings. The Hall–Kier alpha value is -2.69. The van der Waals surface area contributed by atoms with E-state index in [1.54, 1.807) is 0 Å². The zero-order chi connectivity index (χ0) is 44.9. The largest absolute Gasteiger partial charge is 0.394 e. The molecule has 0 aliphatic rings. The van der Waals surface area contributed by atoms with Gasteiger partial charge in [0.15, 0.2) is 0 Å². The number of aliphatic hydroxyl groups is 2. The first-order chi connectivity index (χ1) is 30.7. The molecule has 356 valence electrons. The van der Waals surface area contributed by atoms with E-state index < -0.39 is 12.1 Å². The van der Waals surface area contributed by atoms with E-state index >= 15 is 0 Å². The molecule has 0 aromatic rings. The molecule has 0 heterocycles. The summed E-state index contributed by atoms with van der Waals surface area (Å²) in [6.07, 6.45) is 77.9. The van der Waals surface area contributed by atoms with Crippen LogP contribution >= 0.6 is 0 Å². The van der Waals surface area contributed by atoms with Gasteiger partial charge in [-0.25, -0.2) is 0 Å². The van der Waals surface area contributed by atoms with Gasteiger partial charge in [-0.15, -0.1) is 0 Å². The number of nitrogens with one attached hydrogen (secondary N) is 1. The van der Waals surface area contributed by atoms with Crippen LogP contribution in [0.1, 0.15) is 245 Å². The molecule has 0 aliphatic heterocycles. The SMILES string of the molecule is CC/C=C\C/C=C\C/C=C\C/C=C\C/C=C\C/C=C\C/C=C\C/C=C\CCCCCCCCCCC(=O)NC(CO)C(O)CCCCCCCCCCCCCCCCCCC. The molecule has 0 aromatic carbocycles. The third kappa shape index (κ3) is 48.3. The maximum atomic E-state index is 12.5. The maximum absolute atomic E-state index is 12.5. The van der Waals surface area contributed by atoms with Crippen molar-refractivity contribution in [2.75, 3.05) is 6.61 Å². The summed E-state index contributed by atoms with van der Waals surface area (Å²) in [6.45, 7) is 4.25. The third-order valence-electron chi connectivity index (χ3n) is 11.6. The van der Waals surface area contributed by atoms with Gasteiger partial charge in [0.1, 0.15) is 0 Å². The first-order valence-corrected chi connectivity index (χ1v) is 26.4. The summed E-state index contributed by atoms with van der Waals surface area (Å²) in [5.41, 5.74) is 0. The third-order valence-corrected chi connectivity index (χ3v) is 11.6. The summed E-state index contributed by atoms with van der Waals surface area (Å²) >= 11 is 0. The number of hydrogen-bond acceptors (Lipinski definition) is 3. The number of carbonyl (C=O) groups excluding carboxylic acids is 1. The molecule has 2 unspecified atom stereocenters. The van der Waals surface area contributed by atoms with Gasteiger partial charge in [0, 0.05) is 6.42 Å². The molecule has 2 atom stereocenters. The van der Waals surface area contributed by atoms with Crippen LogP contribution in [-0.4, -0.2) is 34.9 Å². The smallest absolute Gasteiger partial charge is 0.220 e. The molecule has 4 nitrogen and oxygen atoms in total. The monoisotopic (exact) mass is 860 g/mol. The van der Waals surface area contributed by atoms with Crippen LogP contribution < -0.4 is 5.32 Å². The standard InChI is InChI=1S/C58H101NO3/c1-3-5-7-9-11-13-15-17-19-21-22-23-24-25-26-27-28-29-30-31-32-33-34-35-36-38-40-42-44-46-48-50-52-54-58(62)59-56(55-60)57(61)53-51-49-47-45-43-41-39-37-20-18-16-14-12-10-8-6-4-2/h5,7,11,13,17,19,22-23,25-26,28-29,31-32,34-35,56-57,60-61H,3-4,6,8-10,12,14-16,18,20-21,24,27,30,33,36-55H2,1-2H3,(H,59,62)/b7-5-,13-11-,19-17-,23-22-,26-25-,29-28-,32-31-,35-34-. The number of unbranched alkanes of at least 4 members (excludes halogenated alkanes) is 24. The van der Waals surface area contributed by atoms with Crippen LogP contribution in [-0.2, 0) is 4.79 Å². The summed E-state index contributed by atoms with van der Waals surface area (Å²) in [7, 11) is 0. The van der Waals surface area contributed by atoms with Crippen molar-refractivity contribution >= 4 is 5.91 Å². The topological polar surface area (TPSA) is 69.6 Å². The molecular weight excluding hydrogens is 759 g/mol. The quantitative estimate of drug-likeness (QED) is 0.0422. The van der Waals surface area contributed by atoms with Crippen molar-refractivity contribution in [2.24, 2.45) is 0 Å². The lowest BCUT2D eigenvalue weighted by atomic mass is 10.0. The molecule has 4 heteroatoms. The second-order valence-corrected chi connectivity index (χ2v) is 17.6. The number of carbonyl (C=O) groups is 1. The molecule has 62 heavy (non-hydrogen) atoms. The van der Waals surface area contributed by atoms with Crippen molar-refractivity contribution in [3.05, 3.63) is 97.2 Å². The Kier molecular flexibility index (Phi) is 50.4.